The molecular weight excluding hydrogens is 318 g/mol. The van der Waals surface area contributed by atoms with Crippen LogP contribution in [0.2, 0.25) is 0 Å². The zero-order valence-electron chi connectivity index (χ0n) is 12.9. The monoisotopic (exact) mass is 337 g/mol. The molecule has 0 spiro atoms. The van der Waals surface area contributed by atoms with Crippen LogP contribution in [0, 0.1) is 0 Å². The van der Waals surface area contributed by atoms with E-state index in [4.69, 9.17) is 19.9 Å². The first-order valence-electron chi connectivity index (χ1n) is 7.23. The van der Waals surface area contributed by atoms with Gasteiger partial charge in [-0.15, -0.1) is 0 Å². The van der Waals surface area contributed by atoms with Gasteiger partial charge in [-0.2, -0.15) is 0 Å². The van der Waals surface area contributed by atoms with Gasteiger partial charge in [-0.05, 0) is 12.1 Å². The van der Waals surface area contributed by atoms with E-state index in [1.54, 1.807) is 0 Å². The Balaban J connectivity index is 0.00000192. The van der Waals surface area contributed by atoms with Gasteiger partial charge >= 0.3 is 5.95 Å². The van der Waals surface area contributed by atoms with Gasteiger partial charge in [0, 0.05) is 12.1 Å². The number of anilines is 1. The first-order chi connectivity index (χ1) is 10.7. The second-order valence-corrected chi connectivity index (χ2v) is 5.17. The van der Waals surface area contributed by atoms with E-state index in [9.17, 15) is 0 Å². The maximum absolute atomic E-state index is 5.91. The minimum Gasteiger partial charge on any atom is -1.00 e. The van der Waals surface area contributed by atoms with Crippen LogP contribution in [0.25, 0.3) is 0 Å². The lowest BCUT2D eigenvalue weighted by atomic mass is 10.2. The van der Waals surface area contributed by atoms with Gasteiger partial charge in [-0.25, -0.2) is 9.13 Å². The summed E-state index contributed by atoms with van der Waals surface area (Å²) in [5, 5.41) is 0. The summed E-state index contributed by atoms with van der Waals surface area (Å²) in [7, 11) is 2.00. The first-order valence-corrected chi connectivity index (χ1v) is 7.23. The average molecular weight is 338 g/mol. The van der Waals surface area contributed by atoms with Crippen molar-refractivity contribution in [2.24, 2.45) is 7.05 Å². The van der Waals surface area contributed by atoms with Crippen LogP contribution < -0.4 is 22.7 Å². The highest BCUT2D eigenvalue weighted by atomic mass is 35.5. The van der Waals surface area contributed by atoms with Gasteiger partial charge < -0.3 is 32.4 Å². The zero-order valence-corrected chi connectivity index (χ0v) is 13.6. The lowest BCUT2D eigenvalue weighted by molar-refractivity contribution is -0.671. The van der Waals surface area contributed by atoms with Crippen LogP contribution in [-0.4, -0.2) is 11.2 Å². The van der Waals surface area contributed by atoms with Gasteiger partial charge in [0.05, 0.1) is 25.8 Å². The minimum atomic E-state index is -0.528. The van der Waals surface area contributed by atoms with Gasteiger partial charge in [0.15, 0.2) is 6.26 Å². The second kappa shape index (κ2) is 7.78. The van der Waals surface area contributed by atoms with Crippen molar-refractivity contribution in [3.63, 3.8) is 0 Å². The van der Waals surface area contributed by atoms with Crippen LogP contribution in [0.3, 0.4) is 0 Å². The number of aromatic nitrogens is 2. The molecule has 3 rings (SSSR count). The number of nitrogen functional groups attached to an aromatic ring is 1. The number of nitrogens with zero attached hydrogens (tertiary/aromatic N) is 2. The minimum absolute atomic E-state index is 0. The van der Waals surface area contributed by atoms with Crippen molar-refractivity contribution in [1.29, 1.82) is 0 Å². The normalized spacial score (nSPS) is 16.0. The van der Waals surface area contributed by atoms with Gasteiger partial charge in [0.1, 0.15) is 12.4 Å². The van der Waals surface area contributed by atoms with Crippen molar-refractivity contribution in [3.8, 4) is 0 Å². The highest BCUT2D eigenvalue weighted by molar-refractivity contribution is 5.47. The average Bonchev–Trinajstić information content (AvgIpc) is 3.13. The molecule has 0 amide bonds. The molecule has 2 N–H and O–H groups in total. The van der Waals surface area contributed by atoms with E-state index in [1.807, 2.05) is 54.6 Å². The summed E-state index contributed by atoms with van der Waals surface area (Å²) in [6.45, 7) is 1.46. The fourth-order valence-electron chi connectivity index (χ4n) is 2.26. The number of ether oxygens (including phenoxy) is 3. The quantitative estimate of drug-likeness (QED) is 0.411. The first kappa shape index (κ1) is 17.0. The van der Waals surface area contributed by atoms with E-state index in [0.29, 0.717) is 18.2 Å². The molecule has 1 atom stereocenters. The summed E-state index contributed by atoms with van der Waals surface area (Å²) >= 11 is 0. The number of nitrogens with two attached hydrogens (primary N) is 1. The van der Waals surface area contributed by atoms with Crippen molar-refractivity contribution < 1.29 is 31.2 Å². The molecule has 0 fully saturated rings. The van der Waals surface area contributed by atoms with Crippen LogP contribution in [-0.2, 0) is 27.8 Å². The molecule has 1 aromatic heterocycles. The third kappa shape index (κ3) is 4.32. The van der Waals surface area contributed by atoms with Crippen molar-refractivity contribution in [2.45, 2.75) is 19.3 Å². The predicted molar refractivity (Wildman–Crippen MR) is 80.0 cm³/mol. The molecule has 0 saturated heterocycles. The number of benzene rings is 1. The molecule has 7 heteroatoms. The van der Waals surface area contributed by atoms with E-state index >= 15 is 0 Å². The molecule has 0 bridgehead atoms. The maximum Gasteiger partial charge on any atom is 0.319 e. The summed E-state index contributed by atoms with van der Waals surface area (Å²) in [4.78, 5) is 0. The lowest BCUT2D eigenvalue weighted by Gasteiger charge is -2.13. The summed E-state index contributed by atoms with van der Waals surface area (Å²) in [5.74, 6) is 0.395. The largest absolute Gasteiger partial charge is 1.00 e. The number of halogens is 1. The smallest absolute Gasteiger partial charge is 0.319 e. The van der Waals surface area contributed by atoms with E-state index in [-0.39, 0.29) is 12.4 Å². The van der Waals surface area contributed by atoms with Crippen LogP contribution in [0.5, 0.6) is 0 Å². The Bertz CT molecular complexity index is 672. The topological polar surface area (TPSA) is 62.5 Å². The maximum atomic E-state index is 5.91. The van der Waals surface area contributed by atoms with Crippen molar-refractivity contribution in [1.82, 2.24) is 4.57 Å². The summed E-state index contributed by atoms with van der Waals surface area (Å²) in [6, 6.07) is 7.47. The zero-order chi connectivity index (χ0) is 15.4. The fourth-order valence-corrected chi connectivity index (χ4v) is 2.26. The summed E-state index contributed by atoms with van der Waals surface area (Å²) < 4.78 is 20.8. The summed E-state index contributed by atoms with van der Waals surface area (Å²) in [6.07, 6.45) is 7.91. The van der Waals surface area contributed by atoms with Gasteiger partial charge in [-0.1, -0.05) is 12.1 Å². The Labute approximate surface area is 141 Å². The Hall–Kier alpha value is -2.34. The molecule has 0 radical (unpaired) electrons. The Kier molecular flexibility index (Phi) is 5.76. The van der Waals surface area contributed by atoms with Crippen molar-refractivity contribution >= 4 is 5.69 Å². The van der Waals surface area contributed by atoms with Crippen LogP contribution in [0.4, 0.5) is 5.69 Å². The molecule has 23 heavy (non-hydrogen) atoms. The molecule has 0 saturated carbocycles. The molecule has 2 aromatic rings. The summed E-state index contributed by atoms with van der Waals surface area (Å²) in [5.41, 5.74) is 7.35. The number of rotatable bonds is 6. The van der Waals surface area contributed by atoms with Crippen LogP contribution >= 0.6 is 0 Å². The third-order valence-electron chi connectivity index (χ3n) is 3.39. The molecule has 6 nitrogen and oxygen atoms in total. The third-order valence-corrected chi connectivity index (χ3v) is 3.39. The number of hydrogen-bond donors (Lipinski definition) is 1. The second-order valence-electron chi connectivity index (χ2n) is 5.17. The number of hydrogen-bond acceptors (Lipinski definition) is 4. The molecule has 1 aliphatic heterocycles. The Morgan fingerprint density at radius 3 is 2.91 bits per heavy atom. The number of aryl methyl sites for hydroxylation is 2. The van der Waals surface area contributed by atoms with E-state index in [1.165, 1.54) is 6.26 Å². The van der Waals surface area contributed by atoms with Crippen LogP contribution in [0.1, 0.15) is 18.3 Å². The number of imidazole rings is 1. The molecule has 1 unspecified atom stereocenters. The number of para-hydroxylation sites is 1. The molecule has 2 heterocycles. The Morgan fingerprint density at radius 2 is 2.17 bits per heavy atom. The predicted octanol–water partition coefficient (Wildman–Crippen LogP) is -1.15. The molecule has 124 valence electrons. The van der Waals surface area contributed by atoms with Crippen molar-refractivity contribution in [3.05, 3.63) is 60.8 Å². The van der Waals surface area contributed by atoms with Gasteiger partial charge in [-0.3, -0.25) is 0 Å². The van der Waals surface area contributed by atoms with Gasteiger partial charge in [0.2, 0.25) is 6.33 Å². The molecule has 1 aliphatic rings. The van der Waals surface area contributed by atoms with E-state index in [2.05, 4.69) is 4.57 Å². The highest BCUT2D eigenvalue weighted by Crippen LogP contribution is 2.31. The van der Waals surface area contributed by atoms with Gasteiger partial charge in [0.25, 0.3) is 6.29 Å². The van der Waals surface area contributed by atoms with E-state index < -0.39 is 6.29 Å². The van der Waals surface area contributed by atoms with E-state index in [0.717, 1.165) is 18.5 Å². The van der Waals surface area contributed by atoms with Crippen molar-refractivity contribution in [2.75, 3.05) is 12.3 Å². The standard InChI is InChI=1S/C16H20N3O3.ClH/c1-18-8-9-19(12-18)7-4-10-20-15-11-21-16(22-15)13-5-2-3-6-14(13)17;/h2-3,5-6,8-9,11-12,16H,4,7,10,17H2,1H3;1H/q+1;/p-1. The lowest BCUT2D eigenvalue weighted by Crippen LogP contribution is -3.00. The highest BCUT2D eigenvalue weighted by Gasteiger charge is 2.24. The molecular formula is C16H20ClN3O3. The fraction of sp³-hybridized carbons (Fsp3) is 0.312. The molecule has 0 aliphatic carbocycles. The molecule has 1 aromatic carbocycles. The van der Waals surface area contributed by atoms with Crippen LogP contribution in [0.15, 0.2) is 55.2 Å². The Morgan fingerprint density at radius 1 is 1.35 bits per heavy atom. The SMILES string of the molecule is C[n+]1ccn(CCCOC2=COC(c3ccccc3N)O2)c1.[Cl-].